The Balaban J connectivity index is 2.24. The zero-order chi connectivity index (χ0) is 14.8. The number of hydrogen-bond acceptors (Lipinski definition) is 4. The summed E-state index contributed by atoms with van der Waals surface area (Å²) in [6.07, 6.45) is 1.88. The molecule has 3 aromatic rings. The van der Waals surface area contributed by atoms with Crippen LogP contribution in [0, 0.1) is 0 Å². The van der Waals surface area contributed by atoms with Crippen LogP contribution in [0.3, 0.4) is 0 Å². The van der Waals surface area contributed by atoms with E-state index < -0.39 is 0 Å². The Kier molecular flexibility index (Phi) is 3.80. The van der Waals surface area contributed by atoms with E-state index in [2.05, 4.69) is 41.9 Å². The Morgan fingerprint density at radius 1 is 1.10 bits per heavy atom. The number of thiophene rings is 1. The van der Waals surface area contributed by atoms with Crippen molar-refractivity contribution in [3.05, 3.63) is 42.6 Å². The van der Waals surface area contributed by atoms with Crippen LogP contribution >= 0.6 is 11.3 Å². The summed E-state index contributed by atoms with van der Waals surface area (Å²) in [5.74, 6) is 0. The summed E-state index contributed by atoms with van der Waals surface area (Å²) in [6, 6.07) is 12.4. The molecular formula is C17H19N3S. The summed E-state index contributed by atoms with van der Waals surface area (Å²) in [7, 11) is 0. The van der Waals surface area contributed by atoms with Crippen molar-refractivity contribution >= 4 is 32.9 Å². The van der Waals surface area contributed by atoms with Gasteiger partial charge in [-0.05, 0) is 25.5 Å². The monoisotopic (exact) mass is 297 g/mol. The van der Waals surface area contributed by atoms with E-state index >= 15 is 0 Å². The first kappa shape index (κ1) is 13.9. The maximum absolute atomic E-state index is 6.46. The molecule has 0 spiro atoms. The number of nitrogen functional groups attached to an aromatic ring is 1. The highest BCUT2D eigenvalue weighted by Gasteiger charge is 2.17. The lowest BCUT2D eigenvalue weighted by molar-refractivity contribution is 0.870. The Bertz CT molecular complexity index is 745. The molecule has 2 aromatic heterocycles. The van der Waals surface area contributed by atoms with Gasteiger partial charge in [-0.2, -0.15) is 0 Å². The lowest BCUT2D eigenvalue weighted by atomic mass is 10.1. The van der Waals surface area contributed by atoms with Crippen LogP contribution in [0.5, 0.6) is 0 Å². The van der Waals surface area contributed by atoms with Gasteiger partial charge < -0.3 is 10.6 Å². The van der Waals surface area contributed by atoms with E-state index in [1.165, 1.54) is 5.69 Å². The van der Waals surface area contributed by atoms with E-state index in [1.807, 2.05) is 24.4 Å². The highest BCUT2D eigenvalue weighted by molar-refractivity contribution is 7.22. The lowest BCUT2D eigenvalue weighted by Crippen LogP contribution is -2.22. The van der Waals surface area contributed by atoms with Crippen molar-refractivity contribution in [2.45, 2.75) is 13.8 Å². The maximum atomic E-state index is 6.46. The number of rotatable bonds is 4. The molecule has 0 aliphatic heterocycles. The number of pyridine rings is 1. The second-order valence-electron chi connectivity index (χ2n) is 4.89. The normalized spacial score (nSPS) is 11.0. The Hall–Kier alpha value is -2.07. The zero-order valence-electron chi connectivity index (χ0n) is 12.3. The molecule has 0 aliphatic rings. The van der Waals surface area contributed by atoms with Gasteiger partial charge in [-0.1, -0.05) is 30.3 Å². The molecule has 0 fully saturated rings. The van der Waals surface area contributed by atoms with Crippen LogP contribution in [0.4, 0.5) is 11.4 Å². The van der Waals surface area contributed by atoms with Gasteiger partial charge in [-0.15, -0.1) is 11.3 Å². The summed E-state index contributed by atoms with van der Waals surface area (Å²) >= 11 is 1.67. The molecule has 0 saturated heterocycles. The average Bonchev–Trinajstić information content (AvgIpc) is 2.87. The summed E-state index contributed by atoms with van der Waals surface area (Å²) in [6.45, 7) is 6.25. The molecule has 0 unspecified atom stereocenters. The molecule has 0 atom stereocenters. The molecule has 0 radical (unpaired) electrons. The van der Waals surface area contributed by atoms with E-state index in [9.17, 15) is 0 Å². The van der Waals surface area contributed by atoms with Gasteiger partial charge in [0.2, 0.25) is 0 Å². The van der Waals surface area contributed by atoms with Crippen molar-refractivity contribution < 1.29 is 0 Å². The van der Waals surface area contributed by atoms with Gasteiger partial charge in [0.25, 0.3) is 0 Å². The van der Waals surface area contributed by atoms with Gasteiger partial charge in [-0.3, -0.25) is 0 Å². The van der Waals surface area contributed by atoms with E-state index in [0.29, 0.717) is 0 Å². The van der Waals surface area contributed by atoms with Crippen LogP contribution in [0.2, 0.25) is 0 Å². The smallest absolute Gasteiger partial charge is 0.128 e. The molecule has 2 heterocycles. The van der Waals surface area contributed by atoms with Crippen LogP contribution in [0.1, 0.15) is 13.8 Å². The number of nitrogens with zero attached hydrogens (tertiary/aromatic N) is 2. The fourth-order valence-electron chi connectivity index (χ4n) is 2.66. The Morgan fingerprint density at radius 3 is 2.48 bits per heavy atom. The molecular weight excluding hydrogens is 278 g/mol. The molecule has 2 N–H and O–H groups in total. The van der Waals surface area contributed by atoms with E-state index in [-0.39, 0.29) is 0 Å². The number of anilines is 2. The molecule has 0 saturated carbocycles. The van der Waals surface area contributed by atoms with Crippen LogP contribution in [0.15, 0.2) is 42.6 Å². The van der Waals surface area contributed by atoms with Crippen molar-refractivity contribution in [1.82, 2.24) is 4.98 Å². The number of hydrogen-bond donors (Lipinski definition) is 1. The van der Waals surface area contributed by atoms with Gasteiger partial charge in [0, 0.05) is 19.3 Å². The van der Waals surface area contributed by atoms with Crippen molar-refractivity contribution in [3.63, 3.8) is 0 Å². The molecule has 1 aromatic carbocycles. The summed E-state index contributed by atoms with van der Waals surface area (Å²) in [5.41, 5.74) is 9.64. The van der Waals surface area contributed by atoms with Crippen molar-refractivity contribution in [3.8, 4) is 10.4 Å². The molecule has 4 heteroatoms. The number of aromatic nitrogens is 1. The van der Waals surface area contributed by atoms with Crippen molar-refractivity contribution in [2.24, 2.45) is 0 Å². The molecule has 3 rings (SSSR count). The topological polar surface area (TPSA) is 42.2 Å². The fraction of sp³-hybridized carbons (Fsp3) is 0.235. The van der Waals surface area contributed by atoms with Crippen LogP contribution in [0.25, 0.3) is 20.7 Å². The Labute approximate surface area is 129 Å². The Morgan fingerprint density at radius 2 is 1.81 bits per heavy atom. The van der Waals surface area contributed by atoms with Crippen molar-refractivity contribution in [2.75, 3.05) is 23.7 Å². The highest BCUT2D eigenvalue weighted by Crippen LogP contribution is 2.43. The third kappa shape index (κ3) is 2.36. The van der Waals surface area contributed by atoms with Crippen molar-refractivity contribution in [1.29, 1.82) is 0 Å². The highest BCUT2D eigenvalue weighted by atomic mass is 32.1. The third-order valence-corrected chi connectivity index (χ3v) is 4.91. The first-order valence-corrected chi connectivity index (χ1v) is 8.05. The standard InChI is InChI=1S/C17H19N3S/c1-3-20(4-2)13-10-11-19-17-14(13)15(18)16(21-17)12-8-6-5-7-9-12/h5-11H,3-4,18H2,1-2H3. The lowest BCUT2D eigenvalue weighted by Gasteiger charge is -2.22. The van der Waals surface area contributed by atoms with E-state index in [1.54, 1.807) is 11.3 Å². The second kappa shape index (κ2) is 5.74. The summed E-state index contributed by atoms with van der Waals surface area (Å²) in [5, 5.41) is 1.09. The maximum Gasteiger partial charge on any atom is 0.128 e. The second-order valence-corrected chi connectivity index (χ2v) is 5.89. The number of nitrogens with two attached hydrogens (primary N) is 1. The fourth-order valence-corrected chi connectivity index (χ4v) is 3.75. The summed E-state index contributed by atoms with van der Waals surface area (Å²) < 4.78 is 0. The molecule has 3 nitrogen and oxygen atoms in total. The predicted octanol–water partition coefficient (Wildman–Crippen LogP) is 4.39. The van der Waals surface area contributed by atoms with Gasteiger partial charge in [-0.25, -0.2) is 4.98 Å². The zero-order valence-corrected chi connectivity index (χ0v) is 13.2. The average molecular weight is 297 g/mol. The van der Waals surface area contributed by atoms with Crippen LogP contribution < -0.4 is 10.6 Å². The SMILES string of the molecule is CCN(CC)c1ccnc2sc(-c3ccccc3)c(N)c12. The van der Waals surface area contributed by atoms with Crippen LogP contribution in [-0.2, 0) is 0 Å². The quantitative estimate of drug-likeness (QED) is 0.776. The van der Waals surface area contributed by atoms with Gasteiger partial charge in [0.15, 0.2) is 0 Å². The molecule has 108 valence electrons. The largest absolute Gasteiger partial charge is 0.397 e. The molecule has 21 heavy (non-hydrogen) atoms. The van der Waals surface area contributed by atoms with Crippen LogP contribution in [-0.4, -0.2) is 18.1 Å². The first-order chi connectivity index (χ1) is 10.3. The first-order valence-electron chi connectivity index (χ1n) is 7.23. The van der Waals surface area contributed by atoms with Gasteiger partial charge in [0.05, 0.1) is 21.6 Å². The number of fused-ring (bicyclic) bond motifs is 1. The molecule has 0 amide bonds. The number of benzene rings is 1. The minimum absolute atomic E-state index is 0.844. The minimum atomic E-state index is 0.844. The summed E-state index contributed by atoms with van der Waals surface area (Å²) in [4.78, 5) is 8.95. The van der Waals surface area contributed by atoms with E-state index in [4.69, 9.17) is 5.73 Å². The predicted molar refractivity (Wildman–Crippen MR) is 93.0 cm³/mol. The molecule has 0 aliphatic carbocycles. The van der Waals surface area contributed by atoms with Gasteiger partial charge in [0.1, 0.15) is 4.83 Å². The van der Waals surface area contributed by atoms with E-state index in [0.717, 1.165) is 39.4 Å². The van der Waals surface area contributed by atoms with Gasteiger partial charge >= 0.3 is 0 Å². The minimum Gasteiger partial charge on any atom is -0.397 e. The third-order valence-electron chi connectivity index (χ3n) is 3.75. The molecule has 0 bridgehead atoms.